The number of rotatable bonds is 3. The lowest BCUT2D eigenvalue weighted by Crippen LogP contribution is -2.08. The van der Waals surface area contributed by atoms with Gasteiger partial charge in [-0.15, -0.1) is 0 Å². The van der Waals surface area contributed by atoms with E-state index in [-0.39, 0.29) is 5.78 Å². The van der Waals surface area contributed by atoms with Gasteiger partial charge in [0.05, 0.1) is 6.42 Å². The Balaban J connectivity index is 2.18. The minimum atomic E-state index is 0.104. The summed E-state index contributed by atoms with van der Waals surface area (Å²) < 4.78 is 2.94. The molecule has 0 aliphatic heterocycles. The highest BCUT2D eigenvalue weighted by Gasteiger charge is 2.09. The Labute approximate surface area is 108 Å². The lowest BCUT2D eigenvalue weighted by atomic mass is 10.1. The third kappa shape index (κ3) is 2.49. The molecule has 0 fully saturated rings. The summed E-state index contributed by atoms with van der Waals surface area (Å²) in [5.41, 5.74) is 0.745. The molecule has 3 nitrogen and oxygen atoms in total. The third-order valence-electron chi connectivity index (χ3n) is 2.39. The Bertz CT molecular complexity index is 519. The van der Waals surface area contributed by atoms with Crippen molar-refractivity contribution >= 4 is 28.4 Å². The third-order valence-corrected chi connectivity index (χ3v) is 3.06. The van der Waals surface area contributed by atoms with Crippen molar-refractivity contribution < 1.29 is 4.79 Å². The van der Waals surface area contributed by atoms with Gasteiger partial charge in [0, 0.05) is 28.6 Å². The number of hydrogen-bond donors (Lipinski definition) is 0. The van der Waals surface area contributed by atoms with Crippen LogP contribution in [-0.2, 0) is 13.5 Å². The molecule has 0 saturated heterocycles. The Morgan fingerprint density at radius 3 is 2.94 bits per heavy atom. The van der Waals surface area contributed by atoms with E-state index in [1.165, 1.54) is 0 Å². The van der Waals surface area contributed by atoms with E-state index < -0.39 is 0 Å². The molecule has 2 rings (SSSR count). The molecule has 0 bridgehead atoms. The number of ketones is 1. The number of Topliss-reactive ketones (excluding diaryl/α,β-unsaturated/α-hetero) is 1. The van der Waals surface area contributed by atoms with Crippen LogP contribution < -0.4 is 0 Å². The number of aryl methyl sites for hydroxylation is 1. The van der Waals surface area contributed by atoms with Gasteiger partial charge < -0.3 is 4.57 Å². The van der Waals surface area contributed by atoms with Crippen LogP contribution >= 0.6 is 22.6 Å². The molecule has 82 valence electrons. The second-order valence-electron chi connectivity index (χ2n) is 3.56. The molecule has 1 heterocycles. The van der Waals surface area contributed by atoms with Gasteiger partial charge in [0.2, 0.25) is 0 Å². The van der Waals surface area contributed by atoms with E-state index in [1.54, 1.807) is 6.20 Å². The Morgan fingerprint density at radius 2 is 2.31 bits per heavy atom. The molecule has 1 aromatic carbocycles. The smallest absolute Gasteiger partial charge is 0.170 e. The molecule has 4 heteroatoms. The molecule has 0 amide bonds. The number of halogens is 1. The van der Waals surface area contributed by atoms with Crippen LogP contribution in [0.5, 0.6) is 0 Å². The highest BCUT2D eigenvalue weighted by molar-refractivity contribution is 14.1. The van der Waals surface area contributed by atoms with Gasteiger partial charge >= 0.3 is 0 Å². The summed E-state index contributed by atoms with van der Waals surface area (Å²) in [5.74, 6) is 0.900. The second kappa shape index (κ2) is 4.78. The highest BCUT2D eigenvalue weighted by atomic mass is 127. The number of imidazole rings is 1. The topological polar surface area (TPSA) is 34.9 Å². The van der Waals surface area contributed by atoms with Gasteiger partial charge in [-0.1, -0.05) is 12.1 Å². The Morgan fingerprint density at radius 1 is 1.50 bits per heavy atom. The average Bonchev–Trinajstić information content (AvgIpc) is 2.64. The molecule has 2 aromatic rings. The van der Waals surface area contributed by atoms with Crippen LogP contribution in [-0.4, -0.2) is 15.3 Å². The van der Waals surface area contributed by atoms with Gasteiger partial charge in [-0.3, -0.25) is 4.79 Å². The van der Waals surface area contributed by atoms with Crippen molar-refractivity contribution in [3.8, 4) is 0 Å². The van der Waals surface area contributed by atoms with E-state index in [0.29, 0.717) is 6.42 Å². The van der Waals surface area contributed by atoms with E-state index >= 15 is 0 Å². The fraction of sp³-hybridized carbons (Fsp3) is 0.167. The highest BCUT2D eigenvalue weighted by Crippen LogP contribution is 2.10. The van der Waals surface area contributed by atoms with E-state index in [9.17, 15) is 4.79 Å². The number of nitrogens with zero attached hydrogens (tertiary/aromatic N) is 2. The van der Waals surface area contributed by atoms with Gasteiger partial charge in [-0.05, 0) is 34.7 Å². The van der Waals surface area contributed by atoms with E-state index in [2.05, 4.69) is 27.6 Å². The number of hydrogen-bond acceptors (Lipinski definition) is 2. The van der Waals surface area contributed by atoms with Crippen LogP contribution in [0.3, 0.4) is 0 Å². The number of carbonyl (C=O) groups is 1. The van der Waals surface area contributed by atoms with Crippen molar-refractivity contribution in [1.82, 2.24) is 9.55 Å². The molecule has 0 unspecified atom stereocenters. The summed E-state index contributed by atoms with van der Waals surface area (Å²) in [5, 5.41) is 0. The van der Waals surface area contributed by atoms with E-state index in [4.69, 9.17) is 0 Å². The average molecular weight is 326 g/mol. The van der Waals surface area contributed by atoms with Crippen molar-refractivity contribution in [3.63, 3.8) is 0 Å². The zero-order chi connectivity index (χ0) is 11.5. The SMILES string of the molecule is Cn1ccnc1CC(=O)c1cccc(I)c1. The van der Waals surface area contributed by atoms with Crippen molar-refractivity contribution in [2.45, 2.75) is 6.42 Å². The quantitative estimate of drug-likeness (QED) is 0.641. The number of aromatic nitrogens is 2. The first-order valence-electron chi connectivity index (χ1n) is 4.92. The molecule has 0 aliphatic carbocycles. The number of carbonyl (C=O) groups excluding carboxylic acids is 1. The van der Waals surface area contributed by atoms with Crippen LogP contribution in [0.25, 0.3) is 0 Å². The summed E-state index contributed by atoms with van der Waals surface area (Å²) in [6, 6.07) is 7.60. The summed E-state index contributed by atoms with van der Waals surface area (Å²) in [6.45, 7) is 0. The maximum Gasteiger partial charge on any atom is 0.170 e. The second-order valence-corrected chi connectivity index (χ2v) is 4.81. The first kappa shape index (κ1) is 11.3. The minimum absolute atomic E-state index is 0.104. The normalized spacial score (nSPS) is 10.4. The lowest BCUT2D eigenvalue weighted by Gasteiger charge is -2.02. The van der Waals surface area contributed by atoms with Gasteiger partial charge in [0.25, 0.3) is 0 Å². The molecule has 0 N–H and O–H groups in total. The van der Waals surface area contributed by atoms with E-state index in [1.807, 2.05) is 42.1 Å². The molecular formula is C12H11IN2O. The fourth-order valence-electron chi connectivity index (χ4n) is 1.47. The van der Waals surface area contributed by atoms with Gasteiger partial charge in [-0.2, -0.15) is 0 Å². The standard InChI is InChI=1S/C12H11IN2O/c1-15-6-5-14-12(15)8-11(16)9-3-2-4-10(13)7-9/h2-7H,8H2,1H3. The summed E-state index contributed by atoms with van der Waals surface area (Å²) in [4.78, 5) is 16.1. The summed E-state index contributed by atoms with van der Waals surface area (Å²) in [7, 11) is 1.89. The van der Waals surface area contributed by atoms with Crippen LogP contribution in [0.1, 0.15) is 16.2 Å². The predicted octanol–water partition coefficient (Wildman–Crippen LogP) is 2.45. The number of benzene rings is 1. The van der Waals surface area contributed by atoms with Crippen LogP contribution in [0.15, 0.2) is 36.7 Å². The maximum atomic E-state index is 12.0. The van der Waals surface area contributed by atoms with Crippen LogP contribution in [0, 0.1) is 3.57 Å². The Hall–Kier alpha value is -1.17. The van der Waals surface area contributed by atoms with E-state index in [0.717, 1.165) is 15.0 Å². The zero-order valence-electron chi connectivity index (χ0n) is 8.85. The first-order valence-corrected chi connectivity index (χ1v) is 5.99. The molecular weight excluding hydrogens is 315 g/mol. The van der Waals surface area contributed by atoms with Gasteiger partial charge in [-0.25, -0.2) is 4.98 Å². The summed E-state index contributed by atoms with van der Waals surface area (Å²) >= 11 is 2.20. The lowest BCUT2D eigenvalue weighted by molar-refractivity contribution is 0.0990. The van der Waals surface area contributed by atoms with Gasteiger partial charge in [0.1, 0.15) is 5.82 Å². The van der Waals surface area contributed by atoms with Crippen molar-refractivity contribution in [2.24, 2.45) is 7.05 Å². The fourth-order valence-corrected chi connectivity index (χ4v) is 2.02. The molecule has 0 radical (unpaired) electrons. The zero-order valence-corrected chi connectivity index (χ0v) is 11.0. The maximum absolute atomic E-state index is 12.0. The first-order chi connectivity index (χ1) is 7.66. The van der Waals surface area contributed by atoms with Crippen molar-refractivity contribution in [3.05, 3.63) is 51.6 Å². The van der Waals surface area contributed by atoms with Crippen LogP contribution in [0.2, 0.25) is 0 Å². The molecule has 0 spiro atoms. The van der Waals surface area contributed by atoms with Gasteiger partial charge in [0.15, 0.2) is 5.78 Å². The largest absolute Gasteiger partial charge is 0.338 e. The Kier molecular flexibility index (Phi) is 3.38. The van der Waals surface area contributed by atoms with Crippen molar-refractivity contribution in [2.75, 3.05) is 0 Å². The molecule has 1 aromatic heterocycles. The molecule has 16 heavy (non-hydrogen) atoms. The molecule has 0 aliphatic rings. The monoisotopic (exact) mass is 326 g/mol. The molecule has 0 saturated carbocycles. The van der Waals surface area contributed by atoms with Crippen molar-refractivity contribution in [1.29, 1.82) is 0 Å². The predicted molar refractivity (Wildman–Crippen MR) is 70.4 cm³/mol. The van der Waals surface area contributed by atoms with Crippen LogP contribution in [0.4, 0.5) is 0 Å². The summed E-state index contributed by atoms with van der Waals surface area (Å²) in [6.07, 6.45) is 3.90. The minimum Gasteiger partial charge on any atom is -0.338 e. The molecule has 0 atom stereocenters.